The van der Waals surface area contributed by atoms with E-state index in [4.69, 9.17) is 13.9 Å². The Bertz CT molecular complexity index is 6320. The van der Waals surface area contributed by atoms with Crippen molar-refractivity contribution in [3.05, 3.63) is 350 Å². The molecule has 0 saturated heterocycles. The van der Waals surface area contributed by atoms with Crippen molar-refractivity contribution >= 4 is 50.1 Å². The topological polar surface area (TPSA) is 34.8 Å². The predicted molar refractivity (Wildman–Crippen MR) is 477 cm³/mol. The van der Waals surface area contributed by atoms with Crippen molar-refractivity contribution in [1.82, 2.24) is 0 Å². The molecule has 0 N–H and O–H groups in total. The molecule has 8 aliphatic carbocycles. The molecule has 0 amide bonds. The van der Waals surface area contributed by atoms with Gasteiger partial charge in [-0.05, 0) is 196 Å². The van der Waals surface area contributed by atoms with E-state index in [-0.39, 0.29) is 44.8 Å². The van der Waals surface area contributed by atoms with Crippen LogP contribution in [0.1, 0.15) is 254 Å². The van der Waals surface area contributed by atoms with Crippen LogP contribution in [0.5, 0.6) is 11.5 Å². The second-order valence-electron chi connectivity index (χ2n) is 37.5. The van der Waals surface area contributed by atoms with Crippen LogP contribution in [0.3, 0.4) is 0 Å². The molecule has 115 heavy (non-hydrogen) atoms. The monoisotopic (exact) mass is 1500 g/mol. The van der Waals surface area contributed by atoms with E-state index in [0.717, 1.165) is 63.1 Å². The van der Waals surface area contributed by atoms with Crippen LogP contribution in [0.25, 0.3) is 77.6 Å². The van der Waals surface area contributed by atoms with Crippen LogP contribution in [0, 0.1) is 5.92 Å². The van der Waals surface area contributed by atoms with Gasteiger partial charge in [0.1, 0.15) is 34.2 Å². The van der Waals surface area contributed by atoms with Gasteiger partial charge >= 0.3 is 0 Å². The summed E-state index contributed by atoms with van der Waals surface area (Å²) in [5.41, 5.74) is 38.0. The fourth-order valence-corrected chi connectivity index (χ4v) is 24.1. The molecular formula is C111H103NO3. The summed E-state index contributed by atoms with van der Waals surface area (Å²) < 4.78 is 21.2. The summed E-state index contributed by atoms with van der Waals surface area (Å²) >= 11 is 0. The molecule has 3 heterocycles. The van der Waals surface area contributed by atoms with E-state index in [9.17, 15) is 0 Å². The quantitative estimate of drug-likeness (QED) is 0.0802. The maximum Gasteiger partial charge on any atom is 0.144 e. The van der Waals surface area contributed by atoms with E-state index in [1.165, 1.54) is 210 Å². The lowest BCUT2D eigenvalue weighted by molar-refractivity contribution is 0.395. The van der Waals surface area contributed by atoms with E-state index in [0.29, 0.717) is 11.8 Å². The number of fused-ring (bicyclic) bond motifs is 28. The van der Waals surface area contributed by atoms with E-state index in [1.807, 2.05) is 0 Å². The van der Waals surface area contributed by atoms with E-state index < -0.39 is 0 Å². The number of benzene rings is 11. The highest BCUT2D eigenvalue weighted by atomic mass is 16.5. The number of ether oxygens (including phenoxy) is 2. The molecule has 11 aromatic carbocycles. The summed E-state index contributed by atoms with van der Waals surface area (Å²) in [5, 5.41) is 2.38. The van der Waals surface area contributed by atoms with Crippen LogP contribution in [-0.4, -0.2) is 0 Å². The van der Waals surface area contributed by atoms with Gasteiger partial charge < -0.3 is 18.8 Å². The maximum absolute atomic E-state index is 7.24. The second kappa shape index (κ2) is 26.0. The van der Waals surface area contributed by atoms with Crippen LogP contribution < -0.4 is 14.4 Å². The molecule has 22 rings (SSSR count). The largest absolute Gasteiger partial charge is 0.461 e. The lowest BCUT2D eigenvalue weighted by atomic mass is 9.70. The molecule has 5 atom stereocenters. The van der Waals surface area contributed by atoms with Crippen molar-refractivity contribution in [2.24, 2.45) is 5.92 Å². The number of para-hydroxylation sites is 2. The first-order valence-corrected chi connectivity index (χ1v) is 43.5. The average molecular weight is 1500 g/mol. The molecule has 4 nitrogen and oxygen atoms in total. The Labute approximate surface area is 679 Å². The zero-order valence-corrected chi connectivity index (χ0v) is 68.5. The molecule has 0 spiro atoms. The first-order valence-electron chi connectivity index (χ1n) is 43.5. The van der Waals surface area contributed by atoms with Crippen molar-refractivity contribution in [1.29, 1.82) is 0 Å². The lowest BCUT2D eigenvalue weighted by Gasteiger charge is -2.33. The van der Waals surface area contributed by atoms with Gasteiger partial charge in [-0.25, -0.2) is 0 Å². The Balaban J connectivity index is 0.598. The molecule has 0 saturated carbocycles. The standard InChI is InChI=1S/C111H103NO3/c1-11-13-15-17-29-57-111(58-30-18-16-14-12-2)87-37-25-19-31-74(87)77-53-47-70(61-92(77)111)69-46-52-76-75-51-45-68(59-88(75)107(3,4)89(76)60-69)66-41-43-67(44-42-66)85-65-93-98(100-83-34-22-27-39-95(83)114-105(85)100)81-55-49-71(62-90(81)108(93,5)6)112(73-48-54-79-78-32-21-26-38-94(78)113-97(79)64-73)72-50-56-82-91(63-72)110(9,10)103-99(82)101-84-35-23-28-40-96(84)115-106(101)102-80-33-20-24-36-86(80)109(7,8)104(102)103/h19-28,31,33-56,59-65,75,78,88,98,100H,11-18,29-30,32,57-58H2,1-10H3. The zero-order valence-electron chi connectivity index (χ0n) is 68.5. The third-order valence-electron chi connectivity index (χ3n) is 29.8. The number of nitrogens with zero attached hydrogens (tertiary/aromatic N) is 1. The summed E-state index contributed by atoms with van der Waals surface area (Å²) in [4.78, 5) is 2.52. The smallest absolute Gasteiger partial charge is 0.144 e. The highest BCUT2D eigenvalue weighted by molar-refractivity contribution is 6.21. The number of unbranched alkanes of at least 4 members (excludes halogenated alkanes) is 8. The van der Waals surface area contributed by atoms with Gasteiger partial charge in [-0.2, -0.15) is 0 Å². The summed E-state index contributed by atoms with van der Waals surface area (Å²) in [6.07, 6.45) is 33.1. The zero-order chi connectivity index (χ0) is 77.8. The molecule has 0 fully saturated rings. The van der Waals surface area contributed by atoms with Crippen molar-refractivity contribution in [2.45, 2.75) is 203 Å². The van der Waals surface area contributed by atoms with Gasteiger partial charge in [-0.1, -0.05) is 333 Å². The second-order valence-corrected chi connectivity index (χ2v) is 37.5. The van der Waals surface area contributed by atoms with Gasteiger partial charge in [0, 0.05) is 95.6 Å². The third kappa shape index (κ3) is 10.3. The SMILES string of the molecule is CCCCCCCC1(CCCCCCC)c2ccccc2-c2ccc(-c3ccc4c(c3)C(C)(C)C3C=C(c5ccc(C6=C7Oc8ccccc8C7C7C(=C6)C(C)(C)c6cc(N(c8ccc9c(c8)OC8=CC=CCC89)c8ccc9c(c8)C(C)(C)c8c%10c(c%11oc%12ccccc%12c%11c8-9)-c8ccccc8C%10(C)C)ccc67)cc5)C=CC43)cc21. The minimum atomic E-state index is -0.378. The van der Waals surface area contributed by atoms with Crippen molar-refractivity contribution in [2.75, 3.05) is 4.90 Å². The Hall–Kier alpha value is -10.9. The molecule has 4 heteroatoms. The number of rotatable bonds is 18. The molecule has 0 bridgehead atoms. The van der Waals surface area contributed by atoms with Crippen LogP contribution in [0.4, 0.5) is 17.1 Å². The molecule has 10 aliphatic rings. The summed E-state index contributed by atoms with van der Waals surface area (Å²) in [7, 11) is 0. The number of furan rings is 1. The van der Waals surface area contributed by atoms with Crippen LogP contribution >= 0.6 is 0 Å². The van der Waals surface area contributed by atoms with Gasteiger partial charge in [-0.3, -0.25) is 0 Å². The lowest BCUT2D eigenvalue weighted by Crippen LogP contribution is -2.25. The summed E-state index contributed by atoms with van der Waals surface area (Å²) in [6, 6.07) is 82.4. The minimum absolute atomic E-state index is 0.00409. The van der Waals surface area contributed by atoms with Gasteiger partial charge in [0.25, 0.3) is 0 Å². The van der Waals surface area contributed by atoms with Gasteiger partial charge in [-0.15, -0.1) is 0 Å². The van der Waals surface area contributed by atoms with E-state index in [2.05, 4.69) is 329 Å². The van der Waals surface area contributed by atoms with Crippen LogP contribution in [0.2, 0.25) is 0 Å². The van der Waals surface area contributed by atoms with Gasteiger partial charge in [0.15, 0.2) is 0 Å². The molecule has 12 aromatic rings. The summed E-state index contributed by atoms with van der Waals surface area (Å²) in [5.74, 6) is 4.91. The number of hydrogen-bond acceptors (Lipinski definition) is 4. The fourth-order valence-electron chi connectivity index (χ4n) is 24.1. The molecule has 5 unspecified atom stereocenters. The molecule has 570 valence electrons. The highest BCUT2D eigenvalue weighted by Gasteiger charge is 2.54. The van der Waals surface area contributed by atoms with Crippen molar-refractivity contribution in [3.8, 4) is 56.0 Å². The van der Waals surface area contributed by atoms with Crippen molar-refractivity contribution in [3.63, 3.8) is 0 Å². The Morgan fingerprint density at radius 3 is 1.85 bits per heavy atom. The average Bonchev–Trinajstić information content (AvgIpc) is 1.50. The van der Waals surface area contributed by atoms with E-state index >= 15 is 0 Å². The third-order valence-corrected chi connectivity index (χ3v) is 29.8. The number of anilines is 3. The Morgan fingerprint density at radius 2 is 1.06 bits per heavy atom. The first-order chi connectivity index (χ1) is 56.0. The van der Waals surface area contributed by atoms with Gasteiger partial charge in [0.2, 0.25) is 0 Å². The normalized spacial score (nSPS) is 20.9. The Morgan fingerprint density at radius 1 is 0.452 bits per heavy atom. The fraction of sp³-hybridized carbons (Fsp3) is 0.297. The number of hydrogen-bond donors (Lipinski definition) is 0. The molecule has 0 radical (unpaired) electrons. The molecule has 1 aromatic heterocycles. The number of allylic oxidation sites excluding steroid dienone is 12. The minimum Gasteiger partial charge on any atom is -0.461 e. The van der Waals surface area contributed by atoms with E-state index in [1.54, 1.807) is 11.1 Å². The maximum atomic E-state index is 7.24. The predicted octanol–water partition coefficient (Wildman–Crippen LogP) is 30.2. The van der Waals surface area contributed by atoms with Crippen molar-refractivity contribution < 1.29 is 13.9 Å². The molecular weight excluding hydrogens is 1400 g/mol. The summed E-state index contributed by atoms with van der Waals surface area (Å²) in [6.45, 7) is 24.4. The highest BCUT2D eigenvalue weighted by Crippen LogP contribution is 2.68. The van der Waals surface area contributed by atoms with Crippen LogP contribution in [-0.2, 0) is 27.1 Å². The first kappa shape index (κ1) is 70.7. The van der Waals surface area contributed by atoms with Gasteiger partial charge in [0.05, 0.1) is 5.92 Å². The molecule has 2 aliphatic heterocycles. The Kier molecular flexibility index (Phi) is 16.0. The van der Waals surface area contributed by atoms with Crippen LogP contribution in [0.15, 0.2) is 276 Å².